The van der Waals surface area contributed by atoms with E-state index < -0.39 is 0 Å². The van der Waals surface area contributed by atoms with Gasteiger partial charge in [-0.2, -0.15) is 5.10 Å². The summed E-state index contributed by atoms with van der Waals surface area (Å²) in [7, 11) is 0. The van der Waals surface area contributed by atoms with Gasteiger partial charge in [0.2, 0.25) is 5.91 Å². The third kappa shape index (κ3) is 3.39. The lowest BCUT2D eigenvalue weighted by Gasteiger charge is -2.37. The lowest BCUT2D eigenvalue weighted by atomic mass is 9.93. The molecule has 5 heteroatoms. The van der Waals surface area contributed by atoms with Gasteiger partial charge in [-0.15, -0.1) is 0 Å². The Hall–Kier alpha value is -1.36. The minimum atomic E-state index is -0.170. The lowest BCUT2D eigenvalue weighted by Crippen LogP contribution is -2.48. The van der Waals surface area contributed by atoms with Gasteiger partial charge in [0, 0.05) is 49.3 Å². The van der Waals surface area contributed by atoms with Crippen molar-refractivity contribution in [2.45, 2.75) is 65.6 Å². The number of aromatic amines is 1. The molecule has 0 aliphatic carbocycles. The Kier molecular flexibility index (Phi) is 4.18. The van der Waals surface area contributed by atoms with E-state index in [4.69, 9.17) is 0 Å². The molecule has 1 aromatic heterocycles. The highest BCUT2D eigenvalue weighted by Crippen LogP contribution is 2.24. The van der Waals surface area contributed by atoms with Gasteiger partial charge in [-0.05, 0) is 34.1 Å². The summed E-state index contributed by atoms with van der Waals surface area (Å²) < 4.78 is 0. The van der Waals surface area contributed by atoms with Crippen LogP contribution in [0.3, 0.4) is 0 Å². The van der Waals surface area contributed by atoms with E-state index in [9.17, 15) is 4.79 Å². The van der Waals surface area contributed by atoms with Crippen LogP contribution in [0.1, 0.15) is 51.1 Å². The number of aromatic nitrogens is 2. The van der Waals surface area contributed by atoms with E-state index in [0.717, 1.165) is 25.9 Å². The summed E-state index contributed by atoms with van der Waals surface area (Å²) in [4.78, 5) is 13.7. The SMILES string of the molecule is CC(=O)NC(C)(C)CC(C)N1CCc2n[nH]c(C)c2C1. The van der Waals surface area contributed by atoms with Crippen LogP contribution in [0.2, 0.25) is 0 Å². The summed E-state index contributed by atoms with van der Waals surface area (Å²) in [6.07, 6.45) is 1.95. The molecule has 0 saturated heterocycles. The van der Waals surface area contributed by atoms with E-state index in [1.165, 1.54) is 17.0 Å². The van der Waals surface area contributed by atoms with Gasteiger partial charge in [-0.25, -0.2) is 0 Å². The molecule has 0 bridgehead atoms. The van der Waals surface area contributed by atoms with Crippen molar-refractivity contribution in [2.24, 2.45) is 0 Å². The fourth-order valence-electron chi connectivity index (χ4n) is 3.22. The highest BCUT2D eigenvalue weighted by Gasteiger charge is 2.28. The average molecular weight is 278 g/mol. The third-order valence-corrected chi connectivity index (χ3v) is 4.10. The molecule has 2 rings (SSSR count). The molecule has 5 nitrogen and oxygen atoms in total. The number of aryl methyl sites for hydroxylation is 1. The van der Waals surface area contributed by atoms with E-state index in [-0.39, 0.29) is 11.4 Å². The van der Waals surface area contributed by atoms with Gasteiger partial charge in [-0.1, -0.05) is 0 Å². The van der Waals surface area contributed by atoms with E-state index in [1.54, 1.807) is 6.92 Å². The number of hydrogen-bond acceptors (Lipinski definition) is 3. The van der Waals surface area contributed by atoms with Crippen LogP contribution in [-0.2, 0) is 17.8 Å². The Morgan fingerprint density at radius 1 is 1.55 bits per heavy atom. The van der Waals surface area contributed by atoms with Crippen LogP contribution in [0.15, 0.2) is 0 Å². The first kappa shape index (κ1) is 15.0. The van der Waals surface area contributed by atoms with Crippen LogP contribution in [0.5, 0.6) is 0 Å². The Morgan fingerprint density at radius 2 is 2.25 bits per heavy atom. The summed E-state index contributed by atoms with van der Waals surface area (Å²) in [5.41, 5.74) is 3.57. The Labute approximate surface area is 121 Å². The topological polar surface area (TPSA) is 61.0 Å². The largest absolute Gasteiger partial charge is 0.351 e. The van der Waals surface area contributed by atoms with Gasteiger partial charge in [0.1, 0.15) is 0 Å². The molecule has 1 amide bonds. The van der Waals surface area contributed by atoms with Crippen molar-refractivity contribution in [3.05, 3.63) is 17.0 Å². The van der Waals surface area contributed by atoms with Crippen LogP contribution in [-0.4, -0.2) is 39.1 Å². The average Bonchev–Trinajstić information content (AvgIpc) is 2.68. The summed E-state index contributed by atoms with van der Waals surface area (Å²) in [5.74, 6) is 0.0359. The first-order valence-electron chi connectivity index (χ1n) is 7.34. The van der Waals surface area contributed by atoms with Crippen molar-refractivity contribution in [2.75, 3.05) is 6.54 Å². The number of H-pyrrole nitrogens is 1. The van der Waals surface area contributed by atoms with Crippen molar-refractivity contribution < 1.29 is 4.79 Å². The standard InChI is InChI=1S/C15H26N4O/c1-10(8-15(4,5)16-12(3)20)19-7-6-14-13(9-19)11(2)17-18-14/h10H,6-9H2,1-5H3,(H,16,20)(H,17,18). The molecule has 2 N–H and O–H groups in total. The molecule has 2 heterocycles. The first-order chi connectivity index (χ1) is 9.28. The molecule has 0 aromatic carbocycles. The maximum Gasteiger partial charge on any atom is 0.217 e. The fraction of sp³-hybridized carbons (Fsp3) is 0.733. The van der Waals surface area contributed by atoms with E-state index in [1.807, 2.05) is 0 Å². The fourth-order valence-corrected chi connectivity index (χ4v) is 3.22. The monoisotopic (exact) mass is 278 g/mol. The predicted molar refractivity (Wildman–Crippen MR) is 79.4 cm³/mol. The maximum atomic E-state index is 11.3. The van der Waals surface area contributed by atoms with Gasteiger partial charge in [-0.3, -0.25) is 14.8 Å². The molecular weight excluding hydrogens is 252 g/mol. The second-order valence-corrected chi connectivity index (χ2v) is 6.61. The Balaban J connectivity index is 1.99. The smallest absolute Gasteiger partial charge is 0.217 e. The van der Waals surface area contributed by atoms with Crippen LogP contribution < -0.4 is 5.32 Å². The molecule has 1 aliphatic rings. The molecule has 20 heavy (non-hydrogen) atoms. The highest BCUT2D eigenvalue weighted by atomic mass is 16.1. The van der Waals surface area contributed by atoms with E-state index in [2.05, 4.69) is 48.1 Å². The normalized spacial score (nSPS) is 17.6. The van der Waals surface area contributed by atoms with Gasteiger partial charge in [0.25, 0.3) is 0 Å². The van der Waals surface area contributed by atoms with Crippen molar-refractivity contribution in [3.8, 4) is 0 Å². The lowest BCUT2D eigenvalue weighted by molar-refractivity contribution is -0.120. The second kappa shape index (κ2) is 5.56. The van der Waals surface area contributed by atoms with Gasteiger partial charge < -0.3 is 5.32 Å². The summed E-state index contributed by atoms with van der Waals surface area (Å²) in [6.45, 7) is 12.1. The number of hydrogen-bond donors (Lipinski definition) is 2. The molecule has 0 radical (unpaired) electrons. The van der Waals surface area contributed by atoms with Crippen LogP contribution in [0.4, 0.5) is 0 Å². The van der Waals surface area contributed by atoms with Crippen molar-refractivity contribution in [3.63, 3.8) is 0 Å². The first-order valence-corrected chi connectivity index (χ1v) is 7.34. The zero-order chi connectivity index (χ0) is 14.9. The van der Waals surface area contributed by atoms with Crippen molar-refractivity contribution in [1.29, 1.82) is 0 Å². The number of nitrogens with one attached hydrogen (secondary N) is 2. The number of fused-ring (bicyclic) bond motifs is 1. The zero-order valence-corrected chi connectivity index (χ0v) is 13.2. The molecule has 0 saturated carbocycles. The maximum absolute atomic E-state index is 11.3. The molecule has 1 aromatic rings. The van der Waals surface area contributed by atoms with E-state index >= 15 is 0 Å². The third-order valence-electron chi connectivity index (χ3n) is 4.10. The van der Waals surface area contributed by atoms with Gasteiger partial charge in [0.15, 0.2) is 0 Å². The molecule has 0 fully saturated rings. The molecule has 1 atom stereocenters. The van der Waals surface area contributed by atoms with Crippen molar-refractivity contribution >= 4 is 5.91 Å². The van der Waals surface area contributed by atoms with Crippen LogP contribution in [0.25, 0.3) is 0 Å². The number of carbonyl (C=O) groups is 1. The number of carbonyl (C=O) groups excluding carboxylic acids is 1. The minimum Gasteiger partial charge on any atom is -0.351 e. The number of amides is 1. The predicted octanol–water partition coefficient (Wildman–Crippen LogP) is 1.77. The highest BCUT2D eigenvalue weighted by molar-refractivity contribution is 5.73. The molecular formula is C15H26N4O. The number of rotatable bonds is 4. The summed E-state index contributed by atoms with van der Waals surface area (Å²) in [6, 6.07) is 0.430. The second-order valence-electron chi connectivity index (χ2n) is 6.61. The van der Waals surface area contributed by atoms with Crippen LogP contribution >= 0.6 is 0 Å². The van der Waals surface area contributed by atoms with Gasteiger partial charge in [0.05, 0.1) is 5.69 Å². The van der Waals surface area contributed by atoms with Crippen LogP contribution in [0, 0.1) is 6.92 Å². The quantitative estimate of drug-likeness (QED) is 0.882. The summed E-state index contributed by atoms with van der Waals surface area (Å²) in [5, 5.41) is 10.5. The minimum absolute atomic E-state index is 0.0359. The molecule has 1 unspecified atom stereocenters. The Bertz CT molecular complexity index is 492. The zero-order valence-electron chi connectivity index (χ0n) is 13.2. The summed E-state index contributed by atoms with van der Waals surface area (Å²) >= 11 is 0. The Morgan fingerprint density at radius 3 is 2.90 bits per heavy atom. The van der Waals surface area contributed by atoms with Crippen molar-refractivity contribution in [1.82, 2.24) is 20.4 Å². The number of nitrogens with zero attached hydrogens (tertiary/aromatic N) is 2. The van der Waals surface area contributed by atoms with Gasteiger partial charge >= 0.3 is 0 Å². The molecule has 0 spiro atoms. The molecule has 1 aliphatic heterocycles. The molecule has 112 valence electrons. The van der Waals surface area contributed by atoms with E-state index in [0.29, 0.717) is 6.04 Å².